The zero-order chi connectivity index (χ0) is 6.57. The van der Waals surface area contributed by atoms with Crippen LogP contribution in [-0.2, 0) is 9.53 Å². The Bertz CT molecular complexity index is 107. The molecule has 0 aromatic rings. The molecule has 0 atom stereocenters. The van der Waals surface area contributed by atoms with E-state index in [1.807, 2.05) is 0 Å². The summed E-state index contributed by atoms with van der Waals surface area (Å²) < 4.78 is 3.68. The van der Waals surface area contributed by atoms with Crippen molar-refractivity contribution in [2.24, 2.45) is 0 Å². The van der Waals surface area contributed by atoms with Gasteiger partial charge in [-0.05, 0) is 0 Å². The molecule has 0 amide bonds. The molecule has 0 aromatic carbocycles. The van der Waals surface area contributed by atoms with Crippen LogP contribution in [0.3, 0.4) is 0 Å². The molecular formula is C4H6O4. The van der Waals surface area contributed by atoms with Crippen LogP contribution >= 0.6 is 0 Å². The van der Waals surface area contributed by atoms with E-state index in [1.54, 1.807) is 0 Å². The van der Waals surface area contributed by atoms with E-state index in [0.29, 0.717) is 0 Å². The largest absolute Gasteiger partial charge is 0.513 e. The number of ether oxygens (including phenoxy) is 1. The van der Waals surface area contributed by atoms with Crippen molar-refractivity contribution < 1.29 is 19.4 Å². The third kappa shape index (κ3) is 3.14. The minimum absolute atomic E-state index is 0.0896. The van der Waals surface area contributed by atoms with Gasteiger partial charge >= 0.3 is 12.1 Å². The number of carbonyl (C=O) groups excluding carboxylic acids is 1. The maximum absolute atomic E-state index is 10.0. The molecule has 0 radical (unpaired) electrons. The predicted molar refractivity (Wildman–Crippen MR) is 24.4 cm³/mol. The smallest absolute Gasteiger partial charge is 0.449 e. The Morgan fingerprint density at radius 1 is 1.62 bits per heavy atom. The van der Waals surface area contributed by atoms with Gasteiger partial charge < -0.3 is 9.84 Å². The molecule has 8 heavy (non-hydrogen) atoms. The first-order chi connectivity index (χ1) is 3.66. The summed E-state index contributed by atoms with van der Waals surface area (Å²) in [5.74, 6) is -0.725. The van der Waals surface area contributed by atoms with E-state index in [-0.39, 0.29) is 6.42 Å². The molecule has 0 unspecified atom stereocenters. The molecule has 0 rings (SSSR count). The zero-order valence-electron chi connectivity index (χ0n) is 4.38. The van der Waals surface area contributed by atoms with Gasteiger partial charge in [-0.25, -0.2) is 4.79 Å². The molecule has 0 spiro atoms. The maximum atomic E-state index is 10.0. The van der Waals surface area contributed by atoms with Gasteiger partial charge in [-0.15, -0.1) is 0 Å². The lowest BCUT2D eigenvalue weighted by Crippen LogP contribution is -2.07. The van der Waals surface area contributed by atoms with Crippen molar-refractivity contribution >= 4 is 12.1 Å². The van der Waals surface area contributed by atoms with Gasteiger partial charge in [-0.3, -0.25) is 4.79 Å². The number of carboxylic acid groups (broad SMARTS) is 1. The molecule has 0 heterocycles. The highest BCUT2D eigenvalue weighted by Gasteiger charge is 2.02. The van der Waals surface area contributed by atoms with E-state index in [9.17, 15) is 9.59 Å². The van der Waals surface area contributed by atoms with Crippen molar-refractivity contribution in [2.45, 2.75) is 13.3 Å². The van der Waals surface area contributed by atoms with Crippen LogP contribution in [0, 0.1) is 0 Å². The van der Waals surface area contributed by atoms with Crippen molar-refractivity contribution in [2.75, 3.05) is 0 Å². The number of hydrogen-bond acceptors (Lipinski definition) is 3. The Morgan fingerprint density at radius 3 is 2.25 bits per heavy atom. The van der Waals surface area contributed by atoms with Crippen LogP contribution in [0.1, 0.15) is 13.3 Å². The van der Waals surface area contributed by atoms with E-state index < -0.39 is 12.1 Å². The molecule has 4 heteroatoms. The fourth-order valence-corrected chi connectivity index (χ4v) is 0.170. The van der Waals surface area contributed by atoms with Crippen LogP contribution in [0.15, 0.2) is 0 Å². The van der Waals surface area contributed by atoms with E-state index in [2.05, 4.69) is 4.74 Å². The van der Waals surface area contributed by atoms with Crippen molar-refractivity contribution in [1.29, 1.82) is 0 Å². The van der Waals surface area contributed by atoms with Gasteiger partial charge in [0.15, 0.2) is 0 Å². The first kappa shape index (κ1) is 6.94. The Hall–Kier alpha value is -1.06. The first-order valence-corrected chi connectivity index (χ1v) is 2.10. The van der Waals surface area contributed by atoms with Crippen LogP contribution < -0.4 is 0 Å². The SMILES string of the molecule is CCC(=O)OC(=O)O. The highest BCUT2D eigenvalue weighted by atomic mass is 16.7. The third-order valence-corrected chi connectivity index (χ3v) is 0.490. The molecule has 0 saturated heterocycles. The Labute approximate surface area is 46.1 Å². The minimum Gasteiger partial charge on any atom is -0.449 e. The standard InChI is InChI=1S/C4H6O4/c1-2-3(5)8-4(6)7/h2H2,1H3,(H,6,7). The lowest BCUT2D eigenvalue weighted by molar-refractivity contribution is -0.138. The van der Waals surface area contributed by atoms with Crippen molar-refractivity contribution in [3.63, 3.8) is 0 Å². The summed E-state index contributed by atoms with van der Waals surface area (Å²) >= 11 is 0. The van der Waals surface area contributed by atoms with Gasteiger partial charge in [0.05, 0.1) is 0 Å². The Kier molecular flexibility index (Phi) is 2.61. The summed E-state index contributed by atoms with van der Waals surface area (Å²) in [7, 11) is 0. The molecular weight excluding hydrogens is 112 g/mol. The highest BCUT2D eigenvalue weighted by molar-refractivity contribution is 5.80. The Balaban J connectivity index is 3.40. The van der Waals surface area contributed by atoms with Crippen molar-refractivity contribution in [3.8, 4) is 0 Å². The van der Waals surface area contributed by atoms with Crippen LogP contribution in [0.5, 0.6) is 0 Å². The quantitative estimate of drug-likeness (QED) is 0.405. The molecule has 1 N–H and O–H groups in total. The van der Waals surface area contributed by atoms with Crippen molar-refractivity contribution in [1.82, 2.24) is 0 Å². The average Bonchev–Trinajstić information content (AvgIpc) is 1.65. The molecule has 46 valence electrons. The second-order valence-corrected chi connectivity index (χ2v) is 1.09. The molecule has 0 aliphatic carbocycles. The van der Waals surface area contributed by atoms with Crippen LogP contribution in [0.25, 0.3) is 0 Å². The molecule has 0 saturated carbocycles. The molecule has 4 nitrogen and oxygen atoms in total. The zero-order valence-corrected chi connectivity index (χ0v) is 4.38. The number of esters is 1. The van der Waals surface area contributed by atoms with E-state index in [0.717, 1.165) is 0 Å². The molecule has 0 aliphatic rings. The second kappa shape index (κ2) is 3.01. The molecule has 0 fully saturated rings. The number of hydrogen-bond donors (Lipinski definition) is 1. The predicted octanol–water partition coefficient (Wildman–Crippen LogP) is 0.618. The summed E-state index contributed by atoms with van der Waals surface area (Å²) in [5.41, 5.74) is 0. The van der Waals surface area contributed by atoms with Crippen LogP contribution in [-0.4, -0.2) is 17.2 Å². The Morgan fingerprint density at radius 2 is 2.12 bits per heavy atom. The average molecular weight is 118 g/mol. The summed E-state index contributed by atoms with van der Waals surface area (Å²) in [6.07, 6.45) is -1.45. The van der Waals surface area contributed by atoms with Gasteiger partial charge in [-0.2, -0.15) is 0 Å². The highest BCUT2D eigenvalue weighted by Crippen LogP contribution is 1.82. The first-order valence-electron chi connectivity index (χ1n) is 2.10. The van der Waals surface area contributed by atoms with Gasteiger partial charge in [0.1, 0.15) is 0 Å². The van der Waals surface area contributed by atoms with Gasteiger partial charge in [-0.1, -0.05) is 6.92 Å². The van der Waals surface area contributed by atoms with Gasteiger partial charge in [0.25, 0.3) is 0 Å². The van der Waals surface area contributed by atoms with Gasteiger partial charge in [0, 0.05) is 6.42 Å². The minimum atomic E-state index is -1.54. The fraction of sp³-hybridized carbons (Fsp3) is 0.500. The van der Waals surface area contributed by atoms with Crippen LogP contribution in [0.4, 0.5) is 4.79 Å². The van der Waals surface area contributed by atoms with E-state index in [1.165, 1.54) is 6.92 Å². The molecule has 0 aromatic heterocycles. The topological polar surface area (TPSA) is 63.6 Å². The number of rotatable bonds is 1. The summed E-state index contributed by atoms with van der Waals surface area (Å²) in [4.78, 5) is 19.5. The van der Waals surface area contributed by atoms with E-state index in [4.69, 9.17) is 5.11 Å². The third-order valence-electron chi connectivity index (χ3n) is 0.490. The normalized spacial score (nSPS) is 8.12. The summed E-state index contributed by atoms with van der Waals surface area (Å²) in [6.45, 7) is 1.52. The lowest BCUT2D eigenvalue weighted by Gasteiger charge is -1.90. The summed E-state index contributed by atoms with van der Waals surface area (Å²) in [5, 5.41) is 7.77. The van der Waals surface area contributed by atoms with Gasteiger partial charge in [0.2, 0.25) is 0 Å². The maximum Gasteiger partial charge on any atom is 0.513 e. The summed E-state index contributed by atoms with van der Waals surface area (Å²) in [6, 6.07) is 0. The van der Waals surface area contributed by atoms with E-state index >= 15 is 0 Å². The molecule has 0 aliphatic heterocycles. The van der Waals surface area contributed by atoms with Crippen molar-refractivity contribution in [3.05, 3.63) is 0 Å². The lowest BCUT2D eigenvalue weighted by atomic mass is 10.5. The number of carbonyl (C=O) groups is 2. The monoisotopic (exact) mass is 118 g/mol. The fourth-order valence-electron chi connectivity index (χ4n) is 0.170. The van der Waals surface area contributed by atoms with Crippen LogP contribution in [0.2, 0.25) is 0 Å². The molecule has 0 bridgehead atoms. The second-order valence-electron chi connectivity index (χ2n) is 1.09.